The van der Waals surface area contributed by atoms with Crippen molar-refractivity contribution in [3.05, 3.63) is 35.9 Å². The number of likely N-dealkylation sites (N-methyl/N-ethyl adjacent to an activating group) is 1. The largest absolute Gasteiger partial charge is 0.384 e. The van der Waals surface area contributed by atoms with E-state index in [4.69, 9.17) is 0 Å². The summed E-state index contributed by atoms with van der Waals surface area (Å²) in [7, 11) is 1.75. The van der Waals surface area contributed by atoms with Crippen molar-refractivity contribution in [1.82, 2.24) is 5.32 Å². The number of nitrogens with one attached hydrogen (secondary N) is 1. The Morgan fingerprint density at radius 1 is 1.40 bits per heavy atom. The molecule has 0 amide bonds. The number of aliphatic hydroxyl groups excluding tert-OH is 1. The van der Waals surface area contributed by atoms with Gasteiger partial charge in [-0.3, -0.25) is 4.79 Å². The molecule has 3 heteroatoms. The second-order valence-corrected chi connectivity index (χ2v) is 3.64. The van der Waals surface area contributed by atoms with Crippen molar-refractivity contribution in [2.24, 2.45) is 0 Å². The lowest BCUT2D eigenvalue weighted by molar-refractivity contribution is -0.126. The molecule has 0 fully saturated rings. The molecule has 0 spiro atoms. The van der Waals surface area contributed by atoms with Gasteiger partial charge in [-0.05, 0) is 26.0 Å². The molecule has 3 nitrogen and oxygen atoms in total. The Labute approximate surface area is 90.1 Å². The van der Waals surface area contributed by atoms with Gasteiger partial charge in [-0.1, -0.05) is 30.3 Å². The fourth-order valence-electron chi connectivity index (χ4n) is 1.52. The van der Waals surface area contributed by atoms with Crippen LogP contribution in [0, 0.1) is 0 Å². The van der Waals surface area contributed by atoms with Gasteiger partial charge in [0.1, 0.15) is 6.10 Å². The molecule has 0 heterocycles. The summed E-state index contributed by atoms with van der Waals surface area (Å²) in [5.41, 5.74) is 1.11. The van der Waals surface area contributed by atoms with Crippen LogP contribution in [0.3, 0.4) is 0 Å². The van der Waals surface area contributed by atoms with Gasteiger partial charge < -0.3 is 10.4 Å². The molecule has 0 aliphatic carbocycles. The van der Waals surface area contributed by atoms with E-state index in [9.17, 15) is 9.90 Å². The zero-order valence-corrected chi connectivity index (χ0v) is 9.10. The summed E-state index contributed by atoms with van der Waals surface area (Å²) >= 11 is 0. The molecule has 15 heavy (non-hydrogen) atoms. The minimum Gasteiger partial charge on any atom is -0.384 e. The molecule has 0 saturated heterocycles. The summed E-state index contributed by atoms with van der Waals surface area (Å²) in [5.74, 6) is -0.203. The normalized spacial score (nSPS) is 14.6. The highest BCUT2D eigenvalue weighted by molar-refractivity contribution is 5.81. The van der Waals surface area contributed by atoms with Crippen LogP contribution < -0.4 is 5.32 Å². The Kier molecular flexibility index (Phi) is 4.46. The highest BCUT2D eigenvalue weighted by Gasteiger charge is 2.21. The van der Waals surface area contributed by atoms with Gasteiger partial charge in [0.15, 0.2) is 5.78 Å². The molecule has 0 aliphatic rings. The second kappa shape index (κ2) is 5.63. The van der Waals surface area contributed by atoms with Crippen LogP contribution in [-0.4, -0.2) is 30.1 Å². The molecule has 0 saturated carbocycles. The first-order chi connectivity index (χ1) is 7.15. The van der Waals surface area contributed by atoms with E-state index in [1.54, 1.807) is 7.05 Å². The number of rotatable bonds is 5. The van der Waals surface area contributed by atoms with E-state index in [0.29, 0.717) is 6.42 Å². The fraction of sp³-hybridized carbons (Fsp3) is 0.417. The zero-order valence-electron chi connectivity index (χ0n) is 9.10. The minimum atomic E-state index is -0.935. The predicted octanol–water partition coefficient (Wildman–Crippen LogP) is 0.767. The van der Waals surface area contributed by atoms with Crippen LogP contribution in [-0.2, 0) is 11.2 Å². The van der Waals surface area contributed by atoms with Gasteiger partial charge in [0.2, 0.25) is 0 Å². The van der Waals surface area contributed by atoms with Crippen molar-refractivity contribution in [1.29, 1.82) is 0 Å². The van der Waals surface area contributed by atoms with Crippen LogP contribution in [0.25, 0.3) is 0 Å². The van der Waals surface area contributed by atoms with Crippen LogP contribution in [0.15, 0.2) is 30.3 Å². The third-order valence-corrected chi connectivity index (χ3v) is 2.47. The van der Waals surface area contributed by atoms with E-state index in [-0.39, 0.29) is 11.8 Å². The summed E-state index contributed by atoms with van der Waals surface area (Å²) in [6.45, 7) is 1.40. The molecule has 2 unspecified atom stereocenters. The van der Waals surface area contributed by atoms with E-state index in [0.717, 1.165) is 5.56 Å². The number of Topliss-reactive ketones (excluding diaryl/α,β-unsaturated/α-hetero) is 1. The molecule has 2 atom stereocenters. The Balaban J connectivity index is 2.66. The van der Waals surface area contributed by atoms with Crippen molar-refractivity contribution >= 4 is 5.78 Å². The summed E-state index contributed by atoms with van der Waals surface area (Å²) in [5, 5.41) is 12.6. The van der Waals surface area contributed by atoms with Crippen molar-refractivity contribution in [3.63, 3.8) is 0 Å². The monoisotopic (exact) mass is 207 g/mol. The number of carbonyl (C=O) groups is 1. The first-order valence-corrected chi connectivity index (χ1v) is 5.05. The molecule has 0 bridgehead atoms. The topological polar surface area (TPSA) is 49.3 Å². The number of hydrogen-bond acceptors (Lipinski definition) is 3. The number of benzene rings is 1. The fourth-order valence-corrected chi connectivity index (χ4v) is 1.52. The lowest BCUT2D eigenvalue weighted by atomic mass is 9.99. The van der Waals surface area contributed by atoms with Gasteiger partial charge in [0, 0.05) is 6.04 Å². The number of hydrogen-bond donors (Lipinski definition) is 2. The van der Waals surface area contributed by atoms with Crippen LogP contribution in [0.2, 0.25) is 0 Å². The SMILES string of the molecule is CNC(Cc1ccccc1)C(O)C(C)=O. The Morgan fingerprint density at radius 3 is 2.47 bits per heavy atom. The molecular formula is C12H17NO2. The summed E-state index contributed by atoms with van der Waals surface area (Å²) in [6.07, 6.45) is -0.284. The van der Waals surface area contributed by atoms with Gasteiger partial charge in [0.05, 0.1) is 0 Å². The van der Waals surface area contributed by atoms with Crippen LogP contribution in [0.5, 0.6) is 0 Å². The average molecular weight is 207 g/mol. The van der Waals surface area contributed by atoms with E-state index in [1.807, 2.05) is 30.3 Å². The minimum absolute atomic E-state index is 0.203. The molecule has 1 rings (SSSR count). The first kappa shape index (κ1) is 11.9. The maximum atomic E-state index is 11.0. The van der Waals surface area contributed by atoms with Crippen molar-refractivity contribution in [2.75, 3.05) is 7.05 Å². The molecule has 2 N–H and O–H groups in total. The summed E-state index contributed by atoms with van der Waals surface area (Å²) < 4.78 is 0. The second-order valence-electron chi connectivity index (χ2n) is 3.64. The lowest BCUT2D eigenvalue weighted by Gasteiger charge is -2.20. The van der Waals surface area contributed by atoms with Crippen molar-refractivity contribution in [2.45, 2.75) is 25.5 Å². The van der Waals surface area contributed by atoms with Gasteiger partial charge in [-0.25, -0.2) is 0 Å². The quantitative estimate of drug-likeness (QED) is 0.749. The number of ketones is 1. The third-order valence-electron chi connectivity index (χ3n) is 2.47. The molecular weight excluding hydrogens is 190 g/mol. The predicted molar refractivity (Wildman–Crippen MR) is 59.7 cm³/mol. The van der Waals surface area contributed by atoms with Gasteiger partial charge in [-0.2, -0.15) is 0 Å². The van der Waals surface area contributed by atoms with E-state index < -0.39 is 6.10 Å². The molecule has 1 aromatic carbocycles. The third kappa shape index (κ3) is 3.46. The lowest BCUT2D eigenvalue weighted by Crippen LogP contribution is -2.43. The summed E-state index contributed by atoms with van der Waals surface area (Å²) in [6, 6.07) is 9.59. The number of carbonyl (C=O) groups excluding carboxylic acids is 1. The van der Waals surface area contributed by atoms with Crippen LogP contribution in [0.1, 0.15) is 12.5 Å². The standard InChI is InChI=1S/C12H17NO2/c1-9(14)12(15)11(13-2)8-10-6-4-3-5-7-10/h3-7,11-13,15H,8H2,1-2H3. The Bertz CT molecular complexity index is 311. The van der Waals surface area contributed by atoms with E-state index in [1.165, 1.54) is 6.92 Å². The molecule has 0 aromatic heterocycles. The molecule has 0 aliphatic heterocycles. The highest BCUT2D eigenvalue weighted by atomic mass is 16.3. The van der Waals surface area contributed by atoms with E-state index in [2.05, 4.69) is 5.32 Å². The highest BCUT2D eigenvalue weighted by Crippen LogP contribution is 2.06. The molecule has 0 radical (unpaired) electrons. The summed E-state index contributed by atoms with van der Waals surface area (Å²) in [4.78, 5) is 11.0. The molecule has 1 aromatic rings. The smallest absolute Gasteiger partial charge is 0.159 e. The van der Waals surface area contributed by atoms with Gasteiger partial charge in [0.25, 0.3) is 0 Å². The van der Waals surface area contributed by atoms with Crippen LogP contribution >= 0.6 is 0 Å². The maximum Gasteiger partial charge on any atom is 0.159 e. The Morgan fingerprint density at radius 2 is 2.00 bits per heavy atom. The van der Waals surface area contributed by atoms with Crippen LogP contribution in [0.4, 0.5) is 0 Å². The number of aliphatic hydroxyl groups is 1. The van der Waals surface area contributed by atoms with E-state index >= 15 is 0 Å². The maximum absolute atomic E-state index is 11.0. The first-order valence-electron chi connectivity index (χ1n) is 5.05. The van der Waals surface area contributed by atoms with Gasteiger partial charge >= 0.3 is 0 Å². The molecule has 82 valence electrons. The van der Waals surface area contributed by atoms with Crippen molar-refractivity contribution < 1.29 is 9.90 Å². The van der Waals surface area contributed by atoms with Crippen molar-refractivity contribution in [3.8, 4) is 0 Å². The van der Waals surface area contributed by atoms with Gasteiger partial charge in [-0.15, -0.1) is 0 Å². The zero-order chi connectivity index (χ0) is 11.3. The Hall–Kier alpha value is -1.19. The average Bonchev–Trinajstić information content (AvgIpc) is 2.26.